The van der Waals surface area contributed by atoms with Crippen LogP contribution in [0.15, 0.2) is 96.1 Å². The number of fused-ring (bicyclic) bond motifs is 6. The van der Waals surface area contributed by atoms with Crippen molar-refractivity contribution in [2.75, 3.05) is 0 Å². The normalized spacial score (nSPS) is 18.6. The third-order valence-corrected chi connectivity index (χ3v) is 6.84. The summed E-state index contributed by atoms with van der Waals surface area (Å²) in [6.07, 6.45) is 20.7. The Morgan fingerprint density at radius 2 is 1.57 bits per heavy atom. The zero-order valence-electron chi connectivity index (χ0n) is 17.9. The maximum Gasteiger partial charge on any atom is -0.0102 e. The van der Waals surface area contributed by atoms with Gasteiger partial charge in [-0.05, 0) is 75.4 Å². The van der Waals surface area contributed by atoms with Gasteiger partial charge in [0.15, 0.2) is 0 Å². The van der Waals surface area contributed by atoms with E-state index in [1.807, 2.05) is 0 Å². The van der Waals surface area contributed by atoms with E-state index >= 15 is 0 Å². The second kappa shape index (κ2) is 8.48. The van der Waals surface area contributed by atoms with E-state index in [0.717, 1.165) is 5.92 Å². The Labute approximate surface area is 180 Å². The zero-order chi connectivity index (χ0) is 20.3. The van der Waals surface area contributed by atoms with Gasteiger partial charge in [0.1, 0.15) is 0 Å². The van der Waals surface area contributed by atoms with Crippen LogP contribution in [-0.2, 0) is 6.42 Å². The highest BCUT2D eigenvalue weighted by molar-refractivity contribution is 6.08. The van der Waals surface area contributed by atoms with Crippen molar-refractivity contribution in [2.45, 2.75) is 51.4 Å². The van der Waals surface area contributed by atoms with E-state index in [2.05, 4.69) is 91.9 Å². The highest BCUT2D eigenvalue weighted by Crippen LogP contribution is 2.40. The van der Waals surface area contributed by atoms with Crippen LogP contribution in [0, 0.1) is 0 Å². The van der Waals surface area contributed by atoms with Gasteiger partial charge in [-0.1, -0.05) is 105 Å². The molecule has 0 heteroatoms. The average molecular weight is 391 g/mol. The van der Waals surface area contributed by atoms with Crippen molar-refractivity contribution in [1.82, 2.24) is 0 Å². The highest BCUT2D eigenvalue weighted by Gasteiger charge is 2.21. The summed E-state index contributed by atoms with van der Waals surface area (Å²) < 4.78 is 0. The molecule has 6 rings (SSSR count). The number of allylic oxidation sites excluding steroid dienone is 8. The Balaban J connectivity index is 0.000000200. The van der Waals surface area contributed by atoms with Gasteiger partial charge in [-0.15, -0.1) is 0 Å². The van der Waals surface area contributed by atoms with E-state index in [1.165, 1.54) is 71.2 Å². The Bertz CT molecular complexity index is 1170. The number of rotatable bonds is 3. The van der Waals surface area contributed by atoms with Crippen molar-refractivity contribution < 1.29 is 0 Å². The summed E-state index contributed by atoms with van der Waals surface area (Å²) >= 11 is 0. The second-order valence-corrected chi connectivity index (χ2v) is 8.71. The van der Waals surface area contributed by atoms with Gasteiger partial charge in [0.2, 0.25) is 0 Å². The van der Waals surface area contributed by atoms with Crippen molar-refractivity contribution in [1.29, 1.82) is 0 Å². The van der Waals surface area contributed by atoms with Crippen LogP contribution in [-0.4, -0.2) is 0 Å². The third kappa shape index (κ3) is 3.56. The molecule has 3 aromatic carbocycles. The standard InChI is InChI=1S/C22H24.C8H6/c1-2-3-7-16-9-6-11-20-19(16)14-15-21-18-10-5-4-8-17(18)12-13-22(20)21;1-3-7-5-2-6-8(7)4-1/h4-5,8,10,12-16H,2-3,6-7,9,11H2,1H3;1-6H. The first-order chi connectivity index (χ1) is 14.8. The summed E-state index contributed by atoms with van der Waals surface area (Å²) in [6, 6.07) is 18.2. The molecule has 0 amide bonds. The molecular formula is C30H30. The fourth-order valence-electron chi connectivity index (χ4n) is 5.27. The summed E-state index contributed by atoms with van der Waals surface area (Å²) in [5.74, 6) is 0.791. The quantitative estimate of drug-likeness (QED) is 0.393. The first kappa shape index (κ1) is 19.1. The molecule has 0 bridgehead atoms. The molecule has 1 unspecified atom stereocenters. The maximum absolute atomic E-state index is 2.43. The minimum absolute atomic E-state index is 0.791. The number of benzene rings is 3. The van der Waals surface area contributed by atoms with Crippen LogP contribution in [0.4, 0.5) is 0 Å². The third-order valence-electron chi connectivity index (χ3n) is 6.84. The summed E-state index contributed by atoms with van der Waals surface area (Å²) in [5.41, 5.74) is 5.98. The zero-order valence-corrected chi connectivity index (χ0v) is 17.9. The molecule has 3 aromatic rings. The van der Waals surface area contributed by atoms with Crippen LogP contribution in [0.1, 0.15) is 56.1 Å². The number of hydrogen-bond donors (Lipinski definition) is 0. The largest absolute Gasteiger partial charge is 0.0654 e. The lowest BCUT2D eigenvalue weighted by Gasteiger charge is -2.27. The van der Waals surface area contributed by atoms with Gasteiger partial charge in [-0.3, -0.25) is 0 Å². The Morgan fingerprint density at radius 3 is 2.37 bits per heavy atom. The molecule has 3 aliphatic rings. The molecule has 30 heavy (non-hydrogen) atoms. The smallest absolute Gasteiger partial charge is 0.0102 e. The van der Waals surface area contributed by atoms with Crippen LogP contribution in [0.25, 0.3) is 21.5 Å². The van der Waals surface area contributed by atoms with Crippen molar-refractivity contribution in [3.05, 3.63) is 107 Å². The summed E-state index contributed by atoms with van der Waals surface area (Å²) in [6.45, 7) is 2.30. The Kier molecular flexibility index (Phi) is 5.41. The first-order valence-electron chi connectivity index (χ1n) is 11.6. The van der Waals surface area contributed by atoms with Gasteiger partial charge >= 0.3 is 0 Å². The second-order valence-electron chi connectivity index (χ2n) is 8.71. The van der Waals surface area contributed by atoms with Crippen molar-refractivity contribution >= 4 is 21.5 Å². The van der Waals surface area contributed by atoms with Gasteiger partial charge in [-0.2, -0.15) is 0 Å². The number of unbranched alkanes of at least 4 members (excludes halogenated alkanes) is 1. The van der Waals surface area contributed by atoms with Crippen LogP contribution < -0.4 is 0 Å². The topological polar surface area (TPSA) is 0 Å². The summed E-state index contributed by atoms with van der Waals surface area (Å²) in [5, 5.41) is 5.69. The molecule has 0 heterocycles. The van der Waals surface area contributed by atoms with E-state index < -0.39 is 0 Å². The molecule has 3 aliphatic carbocycles. The molecule has 0 fully saturated rings. The maximum atomic E-state index is 2.43. The van der Waals surface area contributed by atoms with E-state index in [4.69, 9.17) is 0 Å². The predicted octanol–water partition coefficient (Wildman–Crippen LogP) is 8.58. The fraction of sp³-hybridized carbons (Fsp3) is 0.267. The van der Waals surface area contributed by atoms with Crippen LogP contribution in [0.5, 0.6) is 0 Å². The lowest BCUT2D eigenvalue weighted by atomic mass is 9.78. The fourth-order valence-corrected chi connectivity index (χ4v) is 5.27. The van der Waals surface area contributed by atoms with Crippen molar-refractivity contribution in [3.63, 3.8) is 0 Å². The van der Waals surface area contributed by atoms with Crippen LogP contribution in [0.2, 0.25) is 0 Å². The minimum Gasteiger partial charge on any atom is -0.0654 e. The summed E-state index contributed by atoms with van der Waals surface area (Å²) in [4.78, 5) is 0. The van der Waals surface area contributed by atoms with Gasteiger partial charge in [0.25, 0.3) is 0 Å². The molecule has 0 aliphatic heterocycles. The Hall–Kier alpha value is -2.86. The van der Waals surface area contributed by atoms with Crippen LogP contribution in [0.3, 0.4) is 0 Å². The van der Waals surface area contributed by atoms with Gasteiger partial charge in [0.05, 0.1) is 0 Å². The SMILES string of the molecule is C1=CC2=CC=CC2=C1.CCCCC1CCCc2c1ccc1c2ccc2ccccc21. The summed E-state index contributed by atoms with van der Waals surface area (Å²) in [7, 11) is 0. The van der Waals surface area contributed by atoms with Crippen molar-refractivity contribution in [2.24, 2.45) is 0 Å². The van der Waals surface area contributed by atoms with E-state index in [0.29, 0.717) is 0 Å². The molecule has 0 saturated heterocycles. The van der Waals surface area contributed by atoms with Crippen LogP contribution >= 0.6 is 0 Å². The lowest BCUT2D eigenvalue weighted by molar-refractivity contribution is 0.503. The molecule has 0 nitrogen and oxygen atoms in total. The molecule has 150 valence electrons. The van der Waals surface area contributed by atoms with Gasteiger partial charge in [-0.25, -0.2) is 0 Å². The Morgan fingerprint density at radius 1 is 0.800 bits per heavy atom. The van der Waals surface area contributed by atoms with E-state index in [-0.39, 0.29) is 0 Å². The van der Waals surface area contributed by atoms with Gasteiger partial charge < -0.3 is 0 Å². The first-order valence-corrected chi connectivity index (χ1v) is 11.6. The lowest BCUT2D eigenvalue weighted by Crippen LogP contribution is -2.10. The minimum atomic E-state index is 0.791. The molecule has 1 atom stereocenters. The molecule has 0 N–H and O–H groups in total. The van der Waals surface area contributed by atoms with Gasteiger partial charge in [0, 0.05) is 0 Å². The molecule has 0 spiro atoms. The number of hydrogen-bond acceptors (Lipinski definition) is 0. The average Bonchev–Trinajstić information content (AvgIpc) is 3.43. The molecular weight excluding hydrogens is 360 g/mol. The highest BCUT2D eigenvalue weighted by atomic mass is 14.3. The molecule has 0 aromatic heterocycles. The molecule has 0 saturated carbocycles. The van der Waals surface area contributed by atoms with Crippen molar-refractivity contribution in [3.8, 4) is 0 Å². The molecule has 0 radical (unpaired) electrons. The van der Waals surface area contributed by atoms with E-state index in [9.17, 15) is 0 Å². The number of aryl methyl sites for hydroxylation is 1. The van der Waals surface area contributed by atoms with E-state index in [1.54, 1.807) is 11.1 Å². The predicted molar refractivity (Wildman–Crippen MR) is 131 cm³/mol. The monoisotopic (exact) mass is 390 g/mol.